The van der Waals surface area contributed by atoms with E-state index in [1.807, 2.05) is 12.1 Å². The highest BCUT2D eigenvalue weighted by molar-refractivity contribution is 5.85. The molecule has 0 aromatic heterocycles. The van der Waals surface area contributed by atoms with Crippen molar-refractivity contribution in [2.24, 2.45) is 0 Å². The molecule has 0 radical (unpaired) electrons. The second-order valence-electron chi connectivity index (χ2n) is 4.21. The monoisotopic (exact) mass is 287 g/mol. The second-order valence-corrected chi connectivity index (χ2v) is 4.21. The number of halogens is 1. The molecule has 1 fully saturated rings. The summed E-state index contributed by atoms with van der Waals surface area (Å²) in [6, 6.07) is 7.54. The number of benzene rings is 1. The molecule has 0 aliphatic carbocycles. The molecule has 106 valence electrons. The van der Waals surface area contributed by atoms with E-state index >= 15 is 0 Å². The third-order valence-electron chi connectivity index (χ3n) is 2.80. The van der Waals surface area contributed by atoms with Gasteiger partial charge in [-0.25, -0.2) is 4.79 Å². The van der Waals surface area contributed by atoms with E-state index in [9.17, 15) is 4.79 Å². The van der Waals surface area contributed by atoms with Gasteiger partial charge in [0.25, 0.3) is 0 Å². The van der Waals surface area contributed by atoms with Crippen molar-refractivity contribution in [1.82, 2.24) is 4.90 Å². The van der Waals surface area contributed by atoms with Crippen LogP contribution in [-0.2, 0) is 16.1 Å². The van der Waals surface area contributed by atoms with Gasteiger partial charge in [-0.05, 0) is 17.7 Å². The Labute approximate surface area is 118 Å². The molecule has 1 aromatic rings. The van der Waals surface area contributed by atoms with Crippen molar-refractivity contribution in [3.8, 4) is 5.75 Å². The van der Waals surface area contributed by atoms with Crippen molar-refractivity contribution in [2.75, 3.05) is 32.9 Å². The van der Waals surface area contributed by atoms with Crippen LogP contribution in [0.4, 0.5) is 0 Å². The average Bonchev–Trinajstić information content (AvgIpc) is 2.39. The summed E-state index contributed by atoms with van der Waals surface area (Å²) in [4.78, 5) is 12.7. The lowest BCUT2D eigenvalue weighted by atomic mass is 10.2. The van der Waals surface area contributed by atoms with E-state index in [2.05, 4.69) is 4.90 Å². The Kier molecular flexibility index (Phi) is 6.62. The van der Waals surface area contributed by atoms with Crippen LogP contribution >= 0.6 is 12.4 Å². The van der Waals surface area contributed by atoms with Gasteiger partial charge in [0.2, 0.25) is 0 Å². The smallest absolute Gasteiger partial charge is 0.341 e. The number of morpholine rings is 1. The molecule has 19 heavy (non-hydrogen) atoms. The minimum Gasteiger partial charge on any atom is -0.482 e. The Bertz CT molecular complexity index is 390. The predicted octanol–water partition coefficient (Wildman–Crippen LogP) is 1.40. The van der Waals surface area contributed by atoms with Gasteiger partial charge >= 0.3 is 5.97 Å². The summed E-state index contributed by atoms with van der Waals surface area (Å²) in [7, 11) is 0. The van der Waals surface area contributed by atoms with Crippen molar-refractivity contribution in [3.05, 3.63) is 29.8 Å². The third kappa shape index (κ3) is 5.46. The van der Waals surface area contributed by atoms with E-state index in [1.165, 1.54) is 5.56 Å². The maximum atomic E-state index is 10.4. The molecule has 0 amide bonds. The van der Waals surface area contributed by atoms with E-state index < -0.39 is 5.97 Å². The van der Waals surface area contributed by atoms with Gasteiger partial charge in [-0.2, -0.15) is 0 Å². The van der Waals surface area contributed by atoms with E-state index in [-0.39, 0.29) is 19.0 Å². The largest absolute Gasteiger partial charge is 0.482 e. The van der Waals surface area contributed by atoms with Crippen molar-refractivity contribution < 1.29 is 19.4 Å². The first kappa shape index (κ1) is 15.8. The standard InChI is InChI=1S/C13H17NO4.ClH/c15-13(16)10-18-12-3-1-11(2-4-12)9-14-5-7-17-8-6-14;/h1-4H,5-10H2,(H,15,16);1H. The Morgan fingerprint density at radius 1 is 1.26 bits per heavy atom. The van der Waals surface area contributed by atoms with Gasteiger partial charge in [0, 0.05) is 19.6 Å². The van der Waals surface area contributed by atoms with Crippen LogP contribution in [-0.4, -0.2) is 48.9 Å². The number of carboxylic acid groups (broad SMARTS) is 1. The fourth-order valence-electron chi connectivity index (χ4n) is 1.85. The summed E-state index contributed by atoms with van der Waals surface area (Å²) in [6.45, 7) is 4.08. The molecule has 5 nitrogen and oxygen atoms in total. The SMILES string of the molecule is Cl.O=C(O)COc1ccc(CN2CCOCC2)cc1. The molecule has 0 saturated carbocycles. The Balaban J connectivity index is 0.00000180. The van der Waals surface area contributed by atoms with E-state index in [0.717, 1.165) is 32.8 Å². The van der Waals surface area contributed by atoms with Gasteiger partial charge in [-0.15, -0.1) is 12.4 Å². The van der Waals surface area contributed by atoms with Crippen LogP contribution in [0.5, 0.6) is 5.75 Å². The number of hydrogen-bond acceptors (Lipinski definition) is 4. The van der Waals surface area contributed by atoms with Crippen molar-refractivity contribution >= 4 is 18.4 Å². The quantitative estimate of drug-likeness (QED) is 0.887. The van der Waals surface area contributed by atoms with E-state index in [0.29, 0.717) is 5.75 Å². The lowest BCUT2D eigenvalue weighted by molar-refractivity contribution is -0.139. The topological polar surface area (TPSA) is 59.0 Å². The fourth-order valence-corrected chi connectivity index (χ4v) is 1.85. The predicted molar refractivity (Wildman–Crippen MR) is 72.9 cm³/mol. The van der Waals surface area contributed by atoms with Crippen LogP contribution in [0, 0.1) is 0 Å². The molecule has 0 spiro atoms. The Morgan fingerprint density at radius 3 is 2.47 bits per heavy atom. The van der Waals surface area contributed by atoms with Crippen LogP contribution < -0.4 is 4.74 Å². The van der Waals surface area contributed by atoms with Crippen molar-refractivity contribution in [3.63, 3.8) is 0 Å². The zero-order chi connectivity index (χ0) is 12.8. The molecule has 1 aliphatic rings. The summed E-state index contributed by atoms with van der Waals surface area (Å²) in [6.07, 6.45) is 0. The third-order valence-corrected chi connectivity index (χ3v) is 2.80. The van der Waals surface area contributed by atoms with Gasteiger partial charge in [0.05, 0.1) is 13.2 Å². The zero-order valence-electron chi connectivity index (χ0n) is 10.6. The number of carbonyl (C=O) groups is 1. The van der Waals surface area contributed by atoms with Gasteiger partial charge in [0.1, 0.15) is 5.75 Å². The first-order valence-corrected chi connectivity index (χ1v) is 5.98. The number of rotatable bonds is 5. The molecular weight excluding hydrogens is 270 g/mol. The van der Waals surface area contributed by atoms with Gasteiger partial charge in [-0.1, -0.05) is 12.1 Å². The van der Waals surface area contributed by atoms with Gasteiger partial charge in [-0.3, -0.25) is 4.90 Å². The summed E-state index contributed by atoms with van der Waals surface area (Å²) < 4.78 is 10.4. The van der Waals surface area contributed by atoms with Crippen LogP contribution in [0.3, 0.4) is 0 Å². The molecule has 2 rings (SSSR count). The van der Waals surface area contributed by atoms with Crippen molar-refractivity contribution in [1.29, 1.82) is 0 Å². The van der Waals surface area contributed by atoms with E-state index in [4.69, 9.17) is 14.6 Å². The van der Waals surface area contributed by atoms with Gasteiger partial charge < -0.3 is 14.6 Å². The Morgan fingerprint density at radius 2 is 1.89 bits per heavy atom. The number of nitrogens with zero attached hydrogens (tertiary/aromatic N) is 1. The Hall–Kier alpha value is -1.30. The van der Waals surface area contributed by atoms with Gasteiger partial charge in [0.15, 0.2) is 6.61 Å². The number of carboxylic acids is 1. The minimum atomic E-state index is -0.965. The summed E-state index contributed by atoms with van der Waals surface area (Å²) in [5, 5.41) is 8.50. The molecule has 6 heteroatoms. The number of ether oxygens (including phenoxy) is 2. The number of hydrogen-bond donors (Lipinski definition) is 1. The summed E-state index contributed by atoms with van der Waals surface area (Å²) in [5.41, 5.74) is 1.19. The fraction of sp³-hybridized carbons (Fsp3) is 0.462. The molecule has 1 N–H and O–H groups in total. The normalized spacial score (nSPS) is 15.6. The molecule has 1 saturated heterocycles. The summed E-state index contributed by atoms with van der Waals surface area (Å²) in [5.74, 6) is -0.379. The highest BCUT2D eigenvalue weighted by atomic mass is 35.5. The highest BCUT2D eigenvalue weighted by Crippen LogP contribution is 2.14. The maximum Gasteiger partial charge on any atom is 0.341 e. The second kappa shape index (κ2) is 7.99. The lowest BCUT2D eigenvalue weighted by Gasteiger charge is -2.26. The van der Waals surface area contributed by atoms with Crippen LogP contribution in [0.1, 0.15) is 5.56 Å². The first-order valence-electron chi connectivity index (χ1n) is 5.98. The molecule has 0 atom stereocenters. The average molecular weight is 288 g/mol. The molecule has 0 bridgehead atoms. The molecular formula is C13H18ClNO4. The molecule has 1 heterocycles. The molecule has 1 aromatic carbocycles. The van der Waals surface area contributed by atoms with Crippen LogP contribution in [0.15, 0.2) is 24.3 Å². The number of aliphatic carboxylic acids is 1. The maximum absolute atomic E-state index is 10.4. The molecule has 1 aliphatic heterocycles. The van der Waals surface area contributed by atoms with Crippen molar-refractivity contribution in [2.45, 2.75) is 6.54 Å². The molecule has 0 unspecified atom stereocenters. The zero-order valence-corrected chi connectivity index (χ0v) is 11.4. The van der Waals surface area contributed by atoms with E-state index in [1.54, 1.807) is 12.1 Å². The highest BCUT2D eigenvalue weighted by Gasteiger charge is 2.10. The van der Waals surface area contributed by atoms with Crippen LogP contribution in [0.25, 0.3) is 0 Å². The van der Waals surface area contributed by atoms with Crippen LogP contribution in [0.2, 0.25) is 0 Å². The summed E-state index contributed by atoms with van der Waals surface area (Å²) >= 11 is 0. The first-order chi connectivity index (χ1) is 8.74. The lowest BCUT2D eigenvalue weighted by Crippen LogP contribution is -2.35. The minimum absolute atomic E-state index is 0.